The highest BCUT2D eigenvalue weighted by Crippen LogP contribution is 2.16. The molecule has 3 N–H and O–H groups in total. The van der Waals surface area contributed by atoms with E-state index in [9.17, 15) is 4.79 Å². The van der Waals surface area contributed by atoms with Gasteiger partial charge < -0.3 is 5.73 Å². The molecule has 1 heterocycles. The van der Waals surface area contributed by atoms with E-state index in [2.05, 4.69) is 15.5 Å². The second kappa shape index (κ2) is 4.28. The third kappa shape index (κ3) is 2.17. The molecule has 0 fully saturated rings. The van der Waals surface area contributed by atoms with Crippen LogP contribution in [-0.2, 0) is 0 Å². The maximum atomic E-state index is 11.8. The maximum Gasteiger partial charge on any atom is 0.259 e. The van der Waals surface area contributed by atoms with Crippen LogP contribution in [0.2, 0.25) is 0 Å². The molecule has 2 aromatic rings. The van der Waals surface area contributed by atoms with Crippen LogP contribution in [0.15, 0.2) is 23.7 Å². The number of nitrogens with two attached hydrogens (primary N) is 1. The number of carbonyl (C=O) groups is 1. The third-order valence-electron chi connectivity index (χ3n) is 2.03. The molecule has 0 unspecified atom stereocenters. The predicted octanol–water partition coefficient (Wildman–Crippen LogP) is 1.68. The van der Waals surface area contributed by atoms with Gasteiger partial charge in [-0.25, -0.2) is 0 Å². The number of rotatable bonds is 2. The van der Waals surface area contributed by atoms with Crippen LogP contribution in [0.3, 0.4) is 0 Å². The Labute approximate surface area is 96.3 Å². The largest absolute Gasteiger partial charge is 0.398 e. The lowest BCUT2D eigenvalue weighted by Crippen LogP contribution is -2.14. The van der Waals surface area contributed by atoms with Crippen molar-refractivity contribution < 1.29 is 4.79 Å². The van der Waals surface area contributed by atoms with Crippen LogP contribution in [-0.4, -0.2) is 16.1 Å². The van der Waals surface area contributed by atoms with Gasteiger partial charge in [-0.1, -0.05) is 23.0 Å². The Kier molecular flexibility index (Phi) is 2.82. The summed E-state index contributed by atoms with van der Waals surface area (Å²) < 4.78 is 0. The van der Waals surface area contributed by atoms with E-state index in [1.165, 1.54) is 11.3 Å². The van der Waals surface area contributed by atoms with Crippen molar-refractivity contribution in [2.24, 2.45) is 0 Å². The first-order valence-electron chi connectivity index (χ1n) is 4.60. The molecule has 0 saturated heterocycles. The van der Waals surface area contributed by atoms with Crippen molar-refractivity contribution in [1.82, 2.24) is 10.2 Å². The maximum absolute atomic E-state index is 11.8. The van der Waals surface area contributed by atoms with E-state index in [1.807, 2.05) is 13.0 Å². The van der Waals surface area contributed by atoms with Gasteiger partial charge in [0.1, 0.15) is 5.51 Å². The highest BCUT2D eigenvalue weighted by molar-refractivity contribution is 7.13. The first-order chi connectivity index (χ1) is 7.66. The highest BCUT2D eigenvalue weighted by atomic mass is 32.1. The average molecular weight is 234 g/mol. The van der Waals surface area contributed by atoms with Gasteiger partial charge in [0.15, 0.2) is 0 Å². The second-order valence-corrected chi connectivity index (χ2v) is 4.12. The first kappa shape index (κ1) is 10.6. The van der Waals surface area contributed by atoms with Gasteiger partial charge in [-0.05, 0) is 19.1 Å². The van der Waals surface area contributed by atoms with Crippen LogP contribution < -0.4 is 11.1 Å². The molecule has 16 heavy (non-hydrogen) atoms. The van der Waals surface area contributed by atoms with Crippen LogP contribution in [0.1, 0.15) is 15.9 Å². The number of aryl methyl sites for hydroxylation is 1. The molecule has 1 aromatic carbocycles. The molecule has 0 aliphatic rings. The summed E-state index contributed by atoms with van der Waals surface area (Å²) in [6, 6.07) is 5.31. The normalized spacial score (nSPS) is 10.1. The molecule has 6 heteroatoms. The summed E-state index contributed by atoms with van der Waals surface area (Å²) in [4.78, 5) is 11.8. The molecule has 0 bridgehead atoms. The fraction of sp³-hybridized carbons (Fsp3) is 0.100. The number of hydrogen-bond acceptors (Lipinski definition) is 5. The SMILES string of the molecule is Cc1ccc(N)c(C(=O)Nc2nncs2)c1. The number of nitrogens with zero attached hydrogens (tertiary/aromatic N) is 2. The summed E-state index contributed by atoms with van der Waals surface area (Å²) in [6.45, 7) is 1.90. The van der Waals surface area contributed by atoms with Crippen LogP contribution in [0.4, 0.5) is 10.8 Å². The van der Waals surface area contributed by atoms with Gasteiger partial charge in [0.2, 0.25) is 5.13 Å². The topological polar surface area (TPSA) is 80.9 Å². The predicted molar refractivity (Wildman–Crippen MR) is 63.5 cm³/mol. The van der Waals surface area contributed by atoms with E-state index in [1.54, 1.807) is 17.6 Å². The van der Waals surface area contributed by atoms with Crippen LogP contribution in [0, 0.1) is 6.92 Å². The third-order valence-corrected chi connectivity index (χ3v) is 2.64. The molecule has 0 aliphatic heterocycles. The summed E-state index contributed by atoms with van der Waals surface area (Å²) in [6.07, 6.45) is 0. The van der Waals surface area contributed by atoms with Crippen molar-refractivity contribution in [3.05, 3.63) is 34.8 Å². The van der Waals surface area contributed by atoms with Gasteiger partial charge >= 0.3 is 0 Å². The highest BCUT2D eigenvalue weighted by Gasteiger charge is 2.11. The molecule has 1 amide bonds. The Balaban J connectivity index is 2.24. The molecule has 82 valence electrons. The molecule has 0 radical (unpaired) electrons. The summed E-state index contributed by atoms with van der Waals surface area (Å²) in [7, 11) is 0. The Morgan fingerprint density at radius 2 is 2.31 bits per heavy atom. The molecular weight excluding hydrogens is 224 g/mol. The number of carbonyl (C=O) groups excluding carboxylic acids is 1. The van der Waals surface area contributed by atoms with E-state index >= 15 is 0 Å². The quantitative estimate of drug-likeness (QED) is 0.775. The van der Waals surface area contributed by atoms with E-state index < -0.39 is 0 Å². The number of benzene rings is 1. The van der Waals surface area contributed by atoms with Crippen LogP contribution in [0.5, 0.6) is 0 Å². The molecule has 0 atom stereocenters. The van der Waals surface area contributed by atoms with Gasteiger partial charge in [-0.2, -0.15) is 0 Å². The van der Waals surface area contributed by atoms with Gasteiger partial charge in [-0.3, -0.25) is 10.1 Å². The summed E-state index contributed by atoms with van der Waals surface area (Å²) >= 11 is 1.26. The minimum Gasteiger partial charge on any atom is -0.398 e. The van der Waals surface area contributed by atoms with E-state index in [-0.39, 0.29) is 5.91 Å². The zero-order valence-corrected chi connectivity index (χ0v) is 9.41. The first-order valence-corrected chi connectivity index (χ1v) is 5.48. The van der Waals surface area contributed by atoms with Gasteiger partial charge in [0.25, 0.3) is 5.91 Å². The molecule has 2 rings (SSSR count). The fourth-order valence-electron chi connectivity index (χ4n) is 1.26. The number of amides is 1. The monoisotopic (exact) mass is 234 g/mol. The van der Waals surface area contributed by atoms with Gasteiger partial charge in [0.05, 0.1) is 5.56 Å². The minimum atomic E-state index is -0.266. The van der Waals surface area contributed by atoms with Crippen molar-refractivity contribution in [3.63, 3.8) is 0 Å². The zero-order valence-electron chi connectivity index (χ0n) is 8.60. The zero-order chi connectivity index (χ0) is 11.5. The van der Waals surface area contributed by atoms with E-state index in [4.69, 9.17) is 5.73 Å². The Morgan fingerprint density at radius 1 is 1.50 bits per heavy atom. The average Bonchev–Trinajstić information content (AvgIpc) is 2.74. The number of anilines is 2. The fourth-order valence-corrected chi connectivity index (χ4v) is 1.70. The molecular formula is C10H10N4OS. The number of aromatic nitrogens is 2. The lowest BCUT2D eigenvalue weighted by molar-refractivity contribution is 0.102. The molecule has 1 aromatic heterocycles. The lowest BCUT2D eigenvalue weighted by Gasteiger charge is -2.05. The number of nitrogen functional groups attached to an aromatic ring is 1. The van der Waals surface area contributed by atoms with E-state index in [0.717, 1.165) is 5.56 Å². The van der Waals surface area contributed by atoms with Crippen LogP contribution >= 0.6 is 11.3 Å². The van der Waals surface area contributed by atoms with E-state index in [0.29, 0.717) is 16.4 Å². The summed E-state index contributed by atoms with van der Waals surface area (Å²) in [5.41, 5.74) is 9.17. The Morgan fingerprint density at radius 3 is 3.00 bits per heavy atom. The molecule has 0 aliphatic carbocycles. The van der Waals surface area contributed by atoms with Gasteiger partial charge in [0, 0.05) is 5.69 Å². The Hall–Kier alpha value is -1.95. The number of nitrogens with one attached hydrogen (secondary N) is 1. The summed E-state index contributed by atoms with van der Waals surface area (Å²) in [5.74, 6) is -0.266. The minimum absolute atomic E-state index is 0.266. The molecule has 0 saturated carbocycles. The number of hydrogen-bond donors (Lipinski definition) is 2. The van der Waals surface area contributed by atoms with Crippen molar-refractivity contribution in [2.75, 3.05) is 11.1 Å². The van der Waals surface area contributed by atoms with Crippen molar-refractivity contribution in [1.29, 1.82) is 0 Å². The van der Waals surface area contributed by atoms with Crippen molar-refractivity contribution >= 4 is 28.1 Å². The summed E-state index contributed by atoms with van der Waals surface area (Å²) in [5, 5.41) is 10.5. The smallest absolute Gasteiger partial charge is 0.259 e. The Bertz CT molecular complexity index is 510. The standard InChI is InChI=1S/C10H10N4OS/c1-6-2-3-8(11)7(4-6)9(15)13-10-14-12-5-16-10/h2-5H,11H2,1H3,(H,13,14,15). The lowest BCUT2D eigenvalue weighted by atomic mass is 10.1. The molecule has 5 nitrogen and oxygen atoms in total. The molecule has 0 spiro atoms. The van der Waals surface area contributed by atoms with Crippen LogP contribution in [0.25, 0.3) is 0 Å². The second-order valence-electron chi connectivity index (χ2n) is 3.29. The van der Waals surface area contributed by atoms with Crippen molar-refractivity contribution in [3.8, 4) is 0 Å². The van der Waals surface area contributed by atoms with Crippen molar-refractivity contribution in [2.45, 2.75) is 6.92 Å². The van der Waals surface area contributed by atoms with Gasteiger partial charge in [-0.15, -0.1) is 10.2 Å².